The highest BCUT2D eigenvalue weighted by Crippen LogP contribution is 2.37. The number of unbranched alkanes of at least 4 members (excludes halogenated alkanes) is 1. The minimum Gasteiger partial charge on any atom is -0.611 e. The Balaban J connectivity index is 1.47. The number of anilines is 1. The zero-order valence-corrected chi connectivity index (χ0v) is 16.2. The molecule has 3 rings (SSSR count). The smallest absolute Gasteiger partial charge is 0.412 e. The summed E-state index contributed by atoms with van der Waals surface area (Å²) in [6.07, 6.45) is 1.09. The third-order valence-corrected chi connectivity index (χ3v) is 5.77. The first-order valence-electron chi connectivity index (χ1n) is 8.80. The number of aromatic hydroxyl groups is 1. The molecule has 1 amide bonds. The molecule has 0 fully saturated rings. The first-order chi connectivity index (χ1) is 12.8. The van der Waals surface area contributed by atoms with E-state index in [1.54, 1.807) is 24.3 Å². The van der Waals surface area contributed by atoms with E-state index in [9.17, 15) is 14.5 Å². The minimum atomic E-state index is -1.08. The molecule has 2 aromatic carbocycles. The van der Waals surface area contributed by atoms with Gasteiger partial charge in [0.15, 0.2) is 4.90 Å². The Morgan fingerprint density at radius 3 is 2.67 bits per heavy atom. The van der Waals surface area contributed by atoms with Crippen LogP contribution >= 0.6 is 0 Å². The molecule has 0 spiro atoms. The number of carbonyl (C=O) groups excluding carboxylic acids is 1. The van der Waals surface area contributed by atoms with Crippen molar-refractivity contribution in [2.45, 2.75) is 37.2 Å². The predicted octanol–water partition coefficient (Wildman–Crippen LogP) is 4.16. The summed E-state index contributed by atoms with van der Waals surface area (Å²) in [4.78, 5) is 12.3. The molecule has 6 nitrogen and oxygen atoms in total. The second-order valence-electron chi connectivity index (χ2n) is 6.83. The Labute approximate surface area is 161 Å². The lowest BCUT2D eigenvalue weighted by molar-refractivity contribution is 0.0418. The number of rotatable bonds is 7. The van der Waals surface area contributed by atoms with Crippen LogP contribution in [0.3, 0.4) is 0 Å². The van der Waals surface area contributed by atoms with Gasteiger partial charge in [-0.3, -0.25) is 5.32 Å². The van der Waals surface area contributed by atoms with Crippen molar-refractivity contribution in [3.8, 4) is 11.5 Å². The molecule has 1 aliphatic heterocycles. The largest absolute Gasteiger partial charge is 0.611 e. The highest BCUT2D eigenvalue weighted by Gasteiger charge is 2.33. The van der Waals surface area contributed by atoms with Crippen LogP contribution in [-0.2, 0) is 21.5 Å². The maximum atomic E-state index is 12.2. The number of phenols is 1. The van der Waals surface area contributed by atoms with E-state index >= 15 is 0 Å². The van der Waals surface area contributed by atoms with Crippen LogP contribution in [-0.4, -0.2) is 28.1 Å². The summed E-state index contributed by atoms with van der Waals surface area (Å²) in [6, 6.07) is 11.9. The maximum Gasteiger partial charge on any atom is 0.412 e. The molecule has 0 aliphatic carbocycles. The lowest BCUT2D eigenvalue weighted by Gasteiger charge is -2.32. The van der Waals surface area contributed by atoms with E-state index in [0.717, 1.165) is 24.1 Å². The van der Waals surface area contributed by atoms with Crippen LogP contribution in [0.5, 0.6) is 11.5 Å². The van der Waals surface area contributed by atoms with Gasteiger partial charge in [-0.1, -0.05) is 0 Å². The monoisotopic (exact) mass is 389 g/mol. The Morgan fingerprint density at radius 1 is 1.19 bits per heavy atom. The molecule has 7 heteroatoms. The van der Waals surface area contributed by atoms with Crippen molar-refractivity contribution in [2.75, 3.05) is 17.7 Å². The molecule has 1 atom stereocenters. The number of amides is 1. The summed E-state index contributed by atoms with van der Waals surface area (Å²) < 4.78 is 23.3. The molecule has 0 aromatic heterocycles. The lowest BCUT2D eigenvalue weighted by Crippen LogP contribution is -2.34. The van der Waals surface area contributed by atoms with Gasteiger partial charge in [-0.05, 0) is 80.3 Å². The fraction of sp³-hybridized carbons (Fsp3) is 0.350. The van der Waals surface area contributed by atoms with Crippen LogP contribution in [0.1, 0.15) is 32.3 Å². The van der Waals surface area contributed by atoms with Gasteiger partial charge < -0.3 is 19.1 Å². The van der Waals surface area contributed by atoms with Gasteiger partial charge in [0.05, 0.1) is 12.3 Å². The maximum absolute atomic E-state index is 12.2. The van der Waals surface area contributed by atoms with Gasteiger partial charge in [-0.15, -0.1) is 0 Å². The van der Waals surface area contributed by atoms with Crippen molar-refractivity contribution in [3.63, 3.8) is 0 Å². The van der Waals surface area contributed by atoms with Crippen molar-refractivity contribution in [1.29, 1.82) is 0 Å². The van der Waals surface area contributed by atoms with Gasteiger partial charge in [-0.25, -0.2) is 4.79 Å². The van der Waals surface area contributed by atoms with Gasteiger partial charge in [-0.2, -0.15) is 0 Å². The predicted molar refractivity (Wildman–Crippen MR) is 104 cm³/mol. The minimum absolute atomic E-state index is 0.169. The summed E-state index contributed by atoms with van der Waals surface area (Å²) in [5.74, 6) is 1.43. The highest BCUT2D eigenvalue weighted by molar-refractivity contribution is 7.91. The third kappa shape index (κ3) is 4.87. The molecule has 1 heterocycles. The number of phenolic OH excluding ortho intramolecular Hbond substituents is 1. The van der Waals surface area contributed by atoms with E-state index in [2.05, 4.69) is 5.32 Å². The van der Waals surface area contributed by atoms with Gasteiger partial charge >= 0.3 is 6.09 Å². The van der Waals surface area contributed by atoms with E-state index in [-0.39, 0.29) is 5.75 Å². The van der Waals surface area contributed by atoms with Crippen LogP contribution in [0.15, 0.2) is 47.4 Å². The standard InChI is InChI=1S/C20H23NO5S/c1-20(2)17-13-15(7-10-18(17)21-19(23)26-20)25-11-3-4-12-27(24)16-8-5-14(22)6-9-16/h5-10,13,22H,3-4,11-12H2,1-2H3,(H,21,23). The fourth-order valence-electron chi connectivity index (χ4n) is 2.88. The molecule has 27 heavy (non-hydrogen) atoms. The second kappa shape index (κ2) is 8.10. The summed E-state index contributed by atoms with van der Waals surface area (Å²) in [6.45, 7) is 4.19. The number of nitrogens with one attached hydrogen (secondary N) is 1. The topological polar surface area (TPSA) is 90.9 Å². The molecule has 0 saturated heterocycles. The average Bonchev–Trinajstić information content (AvgIpc) is 2.61. The fourth-order valence-corrected chi connectivity index (χ4v) is 4.03. The van der Waals surface area contributed by atoms with Gasteiger partial charge in [0.25, 0.3) is 0 Å². The van der Waals surface area contributed by atoms with Gasteiger partial charge in [0.1, 0.15) is 22.9 Å². The molecule has 1 unspecified atom stereocenters. The van der Waals surface area contributed by atoms with Crippen LogP contribution in [0.25, 0.3) is 0 Å². The van der Waals surface area contributed by atoms with E-state index in [1.807, 2.05) is 32.0 Å². The molecule has 0 saturated carbocycles. The molecule has 1 aliphatic rings. The number of carbonyl (C=O) groups is 1. The summed E-state index contributed by atoms with van der Waals surface area (Å²) in [7, 11) is 0. The number of hydrogen-bond acceptors (Lipinski definition) is 5. The first-order valence-corrected chi connectivity index (χ1v) is 10.1. The number of hydrogen-bond donors (Lipinski definition) is 2. The molecule has 2 aromatic rings. The van der Waals surface area contributed by atoms with Crippen molar-refractivity contribution in [1.82, 2.24) is 0 Å². The summed E-state index contributed by atoms with van der Waals surface area (Å²) in [5.41, 5.74) is 0.888. The van der Waals surface area contributed by atoms with E-state index in [1.165, 1.54) is 0 Å². The lowest BCUT2D eigenvalue weighted by atomic mass is 9.94. The highest BCUT2D eigenvalue weighted by atomic mass is 32.2. The van der Waals surface area contributed by atoms with E-state index < -0.39 is 22.9 Å². The number of ether oxygens (including phenoxy) is 2. The van der Waals surface area contributed by atoms with Crippen LogP contribution in [0.2, 0.25) is 0 Å². The number of benzene rings is 2. The zero-order valence-electron chi connectivity index (χ0n) is 15.4. The van der Waals surface area contributed by atoms with Crippen molar-refractivity contribution in [3.05, 3.63) is 48.0 Å². The Hall–Kier alpha value is -2.38. The molecular weight excluding hydrogens is 366 g/mol. The Kier molecular flexibility index (Phi) is 5.82. The number of fused-ring (bicyclic) bond motifs is 1. The average molecular weight is 389 g/mol. The van der Waals surface area contributed by atoms with E-state index in [4.69, 9.17) is 9.47 Å². The molecule has 2 N–H and O–H groups in total. The quantitative estimate of drug-likeness (QED) is 0.548. The van der Waals surface area contributed by atoms with Gasteiger partial charge in [0.2, 0.25) is 0 Å². The van der Waals surface area contributed by atoms with Crippen molar-refractivity contribution < 1.29 is 23.9 Å². The zero-order chi connectivity index (χ0) is 19.4. The van der Waals surface area contributed by atoms with Crippen LogP contribution in [0, 0.1) is 0 Å². The summed E-state index contributed by atoms with van der Waals surface area (Å²) in [5, 5.41) is 12.0. The molecular formula is C20H23NO5S. The van der Waals surface area contributed by atoms with Crippen LogP contribution < -0.4 is 10.1 Å². The SMILES string of the molecule is CC1(C)OC(=O)Nc2ccc(OCCCC[S+]([O-])c3ccc(O)cc3)cc21. The second-order valence-corrected chi connectivity index (χ2v) is 8.40. The normalized spacial score (nSPS) is 16.0. The molecule has 144 valence electrons. The molecule has 0 bridgehead atoms. The first kappa shape index (κ1) is 19.4. The van der Waals surface area contributed by atoms with Crippen LogP contribution in [0.4, 0.5) is 10.5 Å². The van der Waals surface area contributed by atoms with E-state index in [0.29, 0.717) is 23.0 Å². The Morgan fingerprint density at radius 2 is 1.93 bits per heavy atom. The van der Waals surface area contributed by atoms with Crippen molar-refractivity contribution >= 4 is 23.0 Å². The third-order valence-electron chi connectivity index (χ3n) is 4.32. The van der Waals surface area contributed by atoms with Gasteiger partial charge in [0, 0.05) is 5.56 Å². The number of cyclic esters (lactones) is 1. The summed E-state index contributed by atoms with van der Waals surface area (Å²) >= 11 is -1.08. The van der Waals surface area contributed by atoms with Crippen molar-refractivity contribution in [2.24, 2.45) is 0 Å². The Bertz CT molecular complexity index is 807. The molecule has 0 radical (unpaired) electrons.